The molecule has 5 nitrogen and oxygen atoms in total. The second-order valence-electron chi connectivity index (χ2n) is 4.35. The summed E-state index contributed by atoms with van der Waals surface area (Å²) < 4.78 is 5.34. The maximum absolute atomic E-state index is 11.5. The van der Waals surface area contributed by atoms with Gasteiger partial charge in [-0.2, -0.15) is 0 Å². The largest absolute Gasteiger partial charge is 0.482 e. The summed E-state index contributed by atoms with van der Waals surface area (Å²) in [6.07, 6.45) is 0. The summed E-state index contributed by atoms with van der Waals surface area (Å²) in [5.74, 6) is 0.757. The molecule has 5 heteroatoms. The highest BCUT2D eigenvalue weighted by Crippen LogP contribution is 2.31. The van der Waals surface area contributed by atoms with Gasteiger partial charge in [0.2, 0.25) is 0 Å². The number of likely N-dealkylation sites (N-methyl/N-ethyl adjacent to an activating group) is 1. The molecule has 0 spiro atoms. The van der Waals surface area contributed by atoms with Crippen LogP contribution in [0.3, 0.4) is 0 Å². The highest BCUT2D eigenvalue weighted by Gasteiger charge is 2.22. The summed E-state index contributed by atoms with van der Waals surface area (Å²) in [5.41, 5.74) is 1.79. The zero-order valence-corrected chi connectivity index (χ0v) is 10.5. The summed E-state index contributed by atoms with van der Waals surface area (Å²) in [6.45, 7) is 2.57. The lowest BCUT2D eigenvalue weighted by molar-refractivity contribution is -0.121. The Labute approximate surface area is 106 Å². The van der Waals surface area contributed by atoms with Crippen LogP contribution in [-0.2, 0) is 16.1 Å². The topological polar surface area (TPSA) is 58.6 Å². The molecule has 2 rings (SSSR count). The van der Waals surface area contributed by atoms with E-state index in [2.05, 4.69) is 5.32 Å². The van der Waals surface area contributed by atoms with Gasteiger partial charge in [-0.25, -0.2) is 0 Å². The number of ether oxygens (including phenoxy) is 1. The van der Waals surface area contributed by atoms with E-state index in [-0.39, 0.29) is 18.3 Å². The molecular weight excluding hydrogens is 232 g/mol. The standard InChI is InChI=1S/C13H16N2O3/c1-9(16)6-14-7-10-3-4-12-11(5-10)15(2)13(17)8-18-12/h3-5,14H,6-8H2,1-2H3. The van der Waals surface area contributed by atoms with Gasteiger partial charge in [0, 0.05) is 13.6 Å². The van der Waals surface area contributed by atoms with Crippen LogP contribution in [0, 0.1) is 0 Å². The molecule has 0 fully saturated rings. The number of Topliss-reactive ketones (excluding diaryl/α,β-unsaturated/α-hetero) is 1. The van der Waals surface area contributed by atoms with Crippen molar-refractivity contribution in [2.24, 2.45) is 0 Å². The molecular formula is C13H16N2O3. The van der Waals surface area contributed by atoms with Gasteiger partial charge >= 0.3 is 0 Å². The summed E-state index contributed by atoms with van der Waals surface area (Å²) in [4.78, 5) is 23.9. The molecule has 1 aromatic rings. The van der Waals surface area contributed by atoms with Gasteiger partial charge in [0.25, 0.3) is 5.91 Å². The van der Waals surface area contributed by atoms with Crippen molar-refractivity contribution < 1.29 is 14.3 Å². The van der Waals surface area contributed by atoms with E-state index in [4.69, 9.17) is 4.74 Å². The minimum absolute atomic E-state index is 0.0589. The number of hydrogen-bond donors (Lipinski definition) is 1. The van der Waals surface area contributed by atoms with Gasteiger partial charge in [-0.05, 0) is 24.6 Å². The molecule has 0 radical (unpaired) electrons. The van der Waals surface area contributed by atoms with E-state index in [0.717, 1.165) is 11.3 Å². The summed E-state index contributed by atoms with van der Waals surface area (Å²) in [5, 5.41) is 3.04. The molecule has 0 saturated heterocycles. The first-order chi connectivity index (χ1) is 8.58. The van der Waals surface area contributed by atoms with Gasteiger partial charge in [-0.1, -0.05) is 6.07 Å². The van der Waals surface area contributed by atoms with Gasteiger partial charge < -0.3 is 15.0 Å². The van der Waals surface area contributed by atoms with Crippen LogP contribution < -0.4 is 15.0 Å². The number of carbonyl (C=O) groups is 2. The summed E-state index contributed by atoms with van der Waals surface area (Å²) in [6, 6.07) is 5.68. The van der Waals surface area contributed by atoms with Crippen LogP contribution in [0.4, 0.5) is 5.69 Å². The van der Waals surface area contributed by atoms with Crippen LogP contribution in [0.25, 0.3) is 0 Å². The lowest BCUT2D eigenvalue weighted by atomic mass is 10.1. The predicted octanol–water partition coefficient (Wildman–Crippen LogP) is 0.720. The Hall–Kier alpha value is -1.88. The van der Waals surface area contributed by atoms with Crippen molar-refractivity contribution in [3.63, 3.8) is 0 Å². The molecule has 0 aliphatic carbocycles. The Bertz CT molecular complexity index is 485. The van der Waals surface area contributed by atoms with Gasteiger partial charge in [-0.3, -0.25) is 9.59 Å². The van der Waals surface area contributed by atoms with E-state index in [1.807, 2.05) is 18.2 Å². The number of benzene rings is 1. The third kappa shape index (κ3) is 2.68. The fraction of sp³-hybridized carbons (Fsp3) is 0.385. The van der Waals surface area contributed by atoms with Crippen LogP contribution in [0.5, 0.6) is 5.75 Å². The van der Waals surface area contributed by atoms with E-state index in [9.17, 15) is 9.59 Å². The van der Waals surface area contributed by atoms with E-state index in [1.165, 1.54) is 0 Å². The molecule has 1 aromatic carbocycles. The molecule has 18 heavy (non-hydrogen) atoms. The minimum atomic E-state index is -0.0589. The van der Waals surface area contributed by atoms with Crippen molar-refractivity contribution in [2.45, 2.75) is 13.5 Å². The maximum Gasteiger partial charge on any atom is 0.264 e. The monoisotopic (exact) mass is 248 g/mol. The van der Waals surface area contributed by atoms with Crippen LogP contribution in [0.15, 0.2) is 18.2 Å². The highest BCUT2D eigenvalue weighted by atomic mass is 16.5. The van der Waals surface area contributed by atoms with Gasteiger partial charge in [0.05, 0.1) is 12.2 Å². The number of fused-ring (bicyclic) bond motifs is 1. The first kappa shape index (κ1) is 12.6. The number of nitrogens with zero attached hydrogens (tertiary/aromatic N) is 1. The quantitative estimate of drug-likeness (QED) is 0.853. The van der Waals surface area contributed by atoms with Crippen molar-refractivity contribution in [1.82, 2.24) is 5.32 Å². The van der Waals surface area contributed by atoms with E-state index in [0.29, 0.717) is 18.8 Å². The summed E-state index contributed by atoms with van der Waals surface area (Å²) in [7, 11) is 1.73. The Morgan fingerprint density at radius 2 is 2.28 bits per heavy atom. The lowest BCUT2D eigenvalue weighted by Gasteiger charge is -2.26. The molecule has 1 N–H and O–H groups in total. The highest BCUT2D eigenvalue weighted by molar-refractivity contribution is 5.97. The van der Waals surface area contributed by atoms with Crippen molar-refractivity contribution in [2.75, 3.05) is 25.1 Å². The van der Waals surface area contributed by atoms with Crippen molar-refractivity contribution in [1.29, 1.82) is 0 Å². The predicted molar refractivity (Wildman–Crippen MR) is 67.7 cm³/mol. The number of hydrogen-bond acceptors (Lipinski definition) is 4. The average molecular weight is 248 g/mol. The van der Waals surface area contributed by atoms with Crippen LogP contribution in [0.2, 0.25) is 0 Å². The SMILES string of the molecule is CC(=O)CNCc1ccc2c(c1)N(C)C(=O)CO2. The molecule has 1 heterocycles. The normalized spacial score (nSPS) is 14.1. The zero-order chi connectivity index (χ0) is 13.1. The fourth-order valence-electron chi connectivity index (χ4n) is 1.81. The van der Waals surface area contributed by atoms with Crippen molar-refractivity contribution >= 4 is 17.4 Å². The molecule has 0 bridgehead atoms. The Morgan fingerprint density at radius 1 is 1.50 bits per heavy atom. The zero-order valence-electron chi connectivity index (χ0n) is 10.5. The van der Waals surface area contributed by atoms with Crippen molar-refractivity contribution in [3.8, 4) is 5.75 Å². The van der Waals surface area contributed by atoms with E-state index < -0.39 is 0 Å². The molecule has 1 aliphatic heterocycles. The minimum Gasteiger partial charge on any atom is -0.482 e. The second-order valence-corrected chi connectivity index (χ2v) is 4.35. The second kappa shape index (κ2) is 5.18. The summed E-state index contributed by atoms with van der Waals surface area (Å²) >= 11 is 0. The molecule has 1 aliphatic rings. The Balaban J connectivity index is 2.11. The molecule has 0 atom stereocenters. The number of ketones is 1. The third-order valence-corrected chi connectivity index (χ3v) is 2.81. The maximum atomic E-state index is 11.5. The Morgan fingerprint density at radius 3 is 3.00 bits per heavy atom. The van der Waals surface area contributed by atoms with Crippen LogP contribution in [-0.4, -0.2) is 31.9 Å². The number of amides is 1. The molecule has 0 saturated carbocycles. The molecule has 0 aromatic heterocycles. The Kier molecular flexibility index (Phi) is 3.62. The number of nitrogens with one attached hydrogen (secondary N) is 1. The lowest BCUT2D eigenvalue weighted by Crippen LogP contribution is -2.35. The molecule has 0 unspecified atom stereocenters. The van der Waals surface area contributed by atoms with Gasteiger partial charge in [0.15, 0.2) is 6.61 Å². The van der Waals surface area contributed by atoms with Crippen LogP contribution in [0.1, 0.15) is 12.5 Å². The smallest absolute Gasteiger partial charge is 0.264 e. The first-order valence-electron chi connectivity index (χ1n) is 5.80. The van der Waals surface area contributed by atoms with Gasteiger partial charge in [0.1, 0.15) is 11.5 Å². The first-order valence-corrected chi connectivity index (χ1v) is 5.80. The fourth-order valence-corrected chi connectivity index (χ4v) is 1.81. The van der Waals surface area contributed by atoms with E-state index >= 15 is 0 Å². The van der Waals surface area contributed by atoms with Crippen molar-refractivity contribution in [3.05, 3.63) is 23.8 Å². The molecule has 96 valence electrons. The van der Waals surface area contributed by atoms with E-state index in [1.54, 1.807) is 18.9 Å². The number of anilines is 1. The number of rotatable bonds is 4. The van der Waals surface area contributed by atoms with Gasteiger partial charge in [-0.15, -0.1) is 0 Å². The molecule has 1 amide bonds. The van der Waals surface area contributed by atoms with Crippen LogP contribution >= 0.6 is 0 Å². The average Bonchev–Trinajstić information content (AvgIpc) is 2.34. The number of carbonyl (C=O) groups excluding carboxylic acids is 2. The third-order valence-electron chi connectivity index (χ3n) is 2.81.